The fourth-order valence-corrected chi connectivity index (χ4v) is 2.77. The van der Waals surface area contributed by atoms with Gasteiger partial charge in [-0.25, -0.2) is 9.97 Å². The fourth-order valence-electron chi connectivity index (χ4n) is 2.77. The van der Waals surface area contributed by atoms with Crippen molar-refractivity contribution in [3.05, 3.63) is 22.8 Å². The first-order valence-corrected chi connectivity index (χ1v) is 7.84. The fraction of sp³-hybridized carbons (Fsp3) is 0.750. The SMILES string of the molecule is CCCNCCc1c(C)nc(C2CCCOC2)nc1C. The molecule has 1 aromatic rings. The average molecular weight is 277 g/mol. The number of aromatic nitrogens is 2. The molecule has 0 aromatic carbocycles. The predicted molar refractivity (Wildman–Crippen MR) is 81.2 cm³/mol. The molecule has 0 aliphatic carbocycles. The van der Waals surface area contributed by atoms with Gasteiger partial charge in [-0.1, -0.05) is 6.92 Å². The number of nitrogens with zero attached hydrogens (tertiary/aromatic N) is 2. The first-order chi connectivity index (χ1) is 9.72. The Morgan fingerprint density at radius 1 is 1.20 bits per heavy atom. The molecule has 0 spiro atoms. The van der Waals surface area contributed by atoms with Gasteiger partial charge in [-0.15, -0.1) is 0 Å². The maximum absolute atomic E-state index is 5.55. The van der Waals surface area contributed by atoms with Gasteiger partial charge in [0.25, 0.3) is 0 Å². The Balaban J connectivity index is 2.03. The van der Waals surface area contributed by atoms with E-state index in [1.54, 1.807) is 0 Å². The van der Waals surface area contributed by atoms with Crippen molar-refractivity contribution in [2.45, 2.75) is 52.4 Å². The van der Waals surface area contributed by atoms with Crippen molar-refractivity contribution in [2.75, 3.05) is 26.3 Å². The summed E-state index contributed by atoms with van der Waals surface area (Å²) in [6.07, 6.45) is 4.46. The summed E-state index contributed by atoms with van der Waals surface area (Å²) in [5.74, 6) is 1.36. The van der Waals surface area contributed by atoms with E-state index >= 15 is 0 Å². The van der Waals surface area contributed by atoms with E-state index in [2.05, 4.69) is 26.1 Å². The zero-order valence-electron chi connectivity index (χ0n) is 13.0. The summed E-state index contributed by atoms with van der Waals surface area (Å²) < 4.78 is 5.55. The lowest BCUT2D eigenvalue weighted by Crippen LogP contribution is -2.21. The lowest BCUT2D eigenvalue weighted by Gasteiger charge is -2.22. The molecule has 112 valence electrons. The first kappa shape index (κ1) is 15.4. The van der Waals surface area contributed by atoms with Gasteiger partial charge in [0.1, 0.15) is 5.82 Å². The molecule has 0 radical (unpaired) electrons. The smallest absolute Gasteiger partial charge is 0.134 e. The molecule has 1 aromatic heterocycles. The van der Waals surface area contributed by atoms with Crippen LogP contribution < -0.4 is 5.32 Å². The molecule has 4 heteroatoms. The van der Waals surface area contributed by atoms with Crippen molar-refractivity contribution in [3.63, 3.8) is 0 Å². The first-order valence-electron chi connectivity index (χ1n) is 7.84. The summed E-state index contributed by atoms with van der Waals surface area (Å²) >= 11 is 0. The Kier molecular flexibility index (Phi) is 5.92. The minimum atomic E-state index is 0.383. The highest BCUT2D eigenvalue weighted by molar-refractivity contribution is 5.25. The standard InChI is InChI=1S/C16H27N3O/c1-4-8-17-9-7-15-12(2)18-16(19-13(15)3)14-6-5-10-20-11-14/h14,17H,4-11H2,1-3H3. The van der Waals surface area contributed by atoms with E-state index in [1.165, 1.54) is 12.0 Å². The largest absolute Gasteiger partial charge is 0.381 e. The molecule has 1 N–H and O–H groups in total. The van der Waals surface area contributed by atoms with Gasteiger partial charge in [-0.2, -0.15) is 0 Å². The van der Waals surface area contributed by atoms with Crippen molar-refractivity contribution in [3.8, 4) is 0 Å². The van der Waals surface area contributed by atoms with Gasteiger partial charge in [0.2, 0.25) is 0 Å². The highest BCUT2D eigenvalue weighted by Crippen LogP contribution is 2.24. The molecule has 1 aliphatic heterocycles. The Morgan fingerprint density at radius 3 is 2.55 bits per heavy atom. The third-order valence-corrected chi connectivity index (χ3v) is 3.94. The molecule has 1 saturated heterocycles. The second-order valence-corrected chi connectivity index (χ2v) is 5.65. The lowest BCUT2D eigenvalue weighted by atomic mass is 10.00. The molecular weight excluding hydrogens is 250 g/mol. The number of hydrogen-bond acceptors (Lipinski definition) is 4. The summed E-state index contributed by atoms with van der Waals surface area (Å²) in [5.41, 5.74) is 3.57. The second kappa shape index (κ2) is 7.70. The van der Waals surface area contributed by atoms with Crippen LogP contribution in [0.5, 0.6) is 0 Å². The number of ether oxygens (including phenoxy) is 1. The van der Waals surface area contributed by atoms with Gasteiger partial charge in [0.15, 0.2) is 0 Å². The van der Waals surface area contributed by atoms with E-state index in [1.807, 2.05) is 0 Å². The molecule has 4 nitrogen and oxygen atoms in total. The Labute approximate surface area is 122 Å². The summed E-state index contributed by atoms with van der Waals surface area (Å²) in [7, 11) is 0. The van der Waals surface area contributed by atoms with E-state index < -0.39 is 0 Å². The quantitative estimate of drug-likeness (QED) is 0.812. The Morgan fingerprint density at radius 2 is 1.95 bits per heavy atom. The molecular formula is C16H27N3O. The van der Waals surface area contributed by atoms with Crippen molar-refractivity contribution < 1.29 is 4.74 Å². The van der Waals surface area contributed by atoms with Gasteiger partial charge in [-0.05, 0) is 58.2 Å². The minimum Gasteiger partial charge on any atom is -0.381 e. The summed E-state index contributed by atoms with van der Waals surface area (Å²) in [5, 5.41) is 3.44. The van der Waals surface area contributed by atoms with Crippen LogP contribution >= 0.6 is 0 Å². The topological polar surface area (TPSA) is 47.0 Å². The molecule has 0 saturated carbocycles. The number of rotatable bonds is 6. The van der Waals surface area contributed by atoms with E-state index in [0.717, 1.165) is 62.8 Å². The maximum Gasteiger partial charge on any atom is 0.134 e. The van der Waals surface area contributed by atoms with Crippen LogP contribution in [0.25, 0.3) is 0 Å². The molecule has 0 amide bonds. The van der Waals surface area contributed by atoms with Crippen LogP contribution in [0.4, 0.5) is 0 Å². The van der Waals surface area contributed by atoms with E-state index in [-0.39, 0.29) is 0 Å². The Bertz CT molecular complexity index is 405. The Hall–Kier alpha value is -1.00. The van der Waals surface area contributed by atoms with Crippen LogP contribution in [0.2, 0.25) is 0 Å². The summed E-state index contributed by atoms with van der Waals surface area (Å²) in [6.45, 7) is 10.1. The monoisotopic (exact) mass is 277 g/mol. The molecule has 1 unspecified atom stereocenters. The normalized spacial score (nSPS) is 19.2. The van der Waals surface area contributed by atoms with E-state index in [0.29, 0.717) is 5.92 Å². The average Bonchev–Trinajstić information content (AvgIpc) is 2.46. The third kappa shape index (κ3) is 4.00. The van der Waals surface area contributed by atoms with Gasteiger partial charge in [0, 0.05) is 23.9 Å². The van der Waals surface area contributed by atoms with Gasteiger partial charge in [0.05, 0.1) is 6.61 Å². The third-order valence-electron chi connectivity index (χ3n) is 3.94. The van der Waals surface area contributed by atoms with E-state index in [4.69, 9.17) is 14.7 Å². The minimum absolute atomic E-state index is 0.383. The number of nitrogens with one attached hydrogen (secondary N) is 1. The highest BCUT2D eigenvalue weighted by Gasteiger charge is 2.20. The lowest BCUT2D eigenvalue weighted by molar-refractivity contribution is 0.0779. The van der Waals surface area contributed by atoms with Crippen molar-refractivity contribution in [1.29, 1.82) is 0 Å². The van der Waals surface area contributed by atoms with Crippen molar-refractivity contribution in [1.82, 2.24) is 15.3 Å². The van der Waals surface area contributed by atoms with Crippen LogP contribution in [-0.2, 0) is 11.2 Å². The maximum atomic E-state index is 5.55. The zero-order valence-corrected chi connectivity index (χ0v) is 13.0. The van der Waals surface area contributed by atoms with Crippen LogP contribution in [0.15, 0.2) is 0 Å². The number of hydrogen-bond donors (Lipinski definition) is 1. The van der Waals surface area contributed by atoms with Gasteiger partial charge in [-0.3, -0.25) is 0 Å². The zero-order chi connectivity index (χ0) is 14.4. The summed E-state index contributed by atoms with van der Waals surface area (Å²) in [6, 6.07) is 0. The molecule has 0 bridgehead atoms. The second-order valence-electron chi connectivity index (χ2n) is 5.65. The number of aryl methyl sites for hydroxylation is 2. The van der Waals surface area contributed by atoms with Crippen LogP contribution in [0.3, 0.4) is 0 Å². The van der Waals surface area contributed by atoms with Crippen LogP contribution in [0, 0.1) is 13.8 Å². The molecule has 20 heavy (non-hydrogen) atoms. The highest BCUT2D eigenvalue weighted by atomic mass is 16.5. The molecule has 1 aliphatic rings. The van der Waals surface area contributed by atoms with Crippen molar-refractivity contribution >= 4 is 0 Å². The molecule has 2 heterocycles. The predicted octanol–water partition coefficient (Wildman–Crippen LogP) is 2.53. The van der Waals surface area contributed by atoms with Crippen LogP contribution in [-0.4, -0.2) is 36.3 Å². The van der Waals surface area contributed by atoms with E-state index in [9.17, 15) is 0 Å². The van der Waals surface area contributed by atoms with Crippen molar-refractivity contribution in [2.24, 2.45) is 0 Å². The van der Waals surface area contributed by atoms with Crippen LogP contribution in [0.1, 0.15) is 54.9 Å². The van der Waals surface area contributed by atoms with Gasteiger partial charge < -0.3 is 10.1 Å². The molecule has 1 atom stereocenters. The molecule has 2 rings (SSSR count). The molecule has 1 fully saturated rings. The summed E-state index contributed by atoms with van der Waals surface area (Å²) in [4.78, 5) is 9.48. The van der Waals surface area contributed by atoms with Gasteiger partial charge >= 0.3 is 0 Å².